The molecule has 8 heteroatoms. The minimum absolute atomic E-state index is 0.0457. The highest BCUT2D eigenvalue weighted by atomic mass is 79.9. The zero-order valence-corrected chi connectivity index (χ0v) is 17.3. The molecule has 0 atom stereocenters. The molecule has 0 unspecified atom stereocenters. The van der Waals surface area contributed by atoms with Gasteiger partial charge in [-0.25, -0.2) is 4.39 Å². The maximum Gasteiger partial charge on any atom is 0.274 e. The summed E-state index contributed by atoms with van der Waals surface area (Å²) in [5.41, 5.74) is 0.835. The second kappa shape index (κ2) is 7.73. The Kier molecular flexibility index (Phi) is 5.34. The second-order valence-corrected chi connectivity index (χ2v) is 8.62. The van der Waals surface area contributed by atoms with Crippen LogP contribution in [0, 0.1) is 5.82 Å². The number of piperidine rings is 1. The molecule has 0 bridgehead atoms. The highest BCUT2D eigenvalue weighted by Crippen LogP contribution is 2.31. The molecular weight excluding hydrogens is 455 g/mol. The van der Waals surface area contributed by atoms with Gasteiger partial charge in [-0.2, -0.15) is 4.98 Å². The van der Waals surface area contributed by atoms with E-state index in [1.807, 2.05) is 6.07 Å². The number of carbonyl (C=O) groups is 1. The van der Waals surface area contributed by atoms with Gasteiger partial charge in [-0.15, -0.1) is 0 Å². The molecule has 2 heterocycles. The van der Waals surface area contributed by atoms with Crippen molar-refractivity contribution < 1.29 is 13.9 Å². The number of rotatable bonds is 3. The Labute approximate surface area is 173 Å². The molecule has 1 aromatic heterocycles. The molecule has 1 saturated heterocycles. The molecule has 1 aliphatic heterocycles. The van der Waals surface area contributed by atoms with Crippen LogP contribution in [0.15, 0.2) is 40.9 Å². The number of hydrogen-bond donors (Lipinski definition) is 0. The molecule has 0 N–H and O–H groups in total. The van der Waals surface area contributed by atoms with Gasteiger partial charge in [0, 0.05) is 30.4 Å². The van der Waals surface area contributed by atoms with Crippen molar-refractivity contribution in [2.45, 2.75) is 18.9 Å². The van der Waals surface area contributed by atoms with Gasteiger partial charge in [0.15, 0.2) is 0 Å². The number of hydrogen-bond acceptors (Lipinski definition) is 4. The van der Waals surface area contributed by atoms with E-state index in [0.29, 0.717) is 47.2 Å². The lowest BCUT2D eigenvalue weighted by Gasteiger charge is -2.31. The number of carbonyl (C=O) groups excluding carboxylic acids is 1. The van der Waals surface area contributed by atoms with Crippen molar-refractivity contribution in [1.82, 2.24) is 9.88 Å². The molecule has 0 aliphatic carbocycles. The fraction of sp³-hybridized carbons (Fsp3) is 0.263. The number of fused-ring (bicyclic) bond motifs is 1. The van der Waals surface area contributed by atoms with Crippen LogP contribution in [-0.2, 0) is 0 Å². The molecule has 140 valence electrons. The monoisotopic (exact) mass is 468 g/mol. The van der Waals surface area contributed by atoms with E-state index >= 15 is 0 Å². The topological polar surface area (TPSA) is 42.4 Å². The minimum Gasteiger partial charge on any atom is -0.467 e. The smallest absolute Gasteiger partial charge is 0.274 e. The van der Waals surface area contributed by atoms with Gasteiger partial charge in [0.25, 0.3) is 11.1 Å². The Morgan fingerprint density at radius 2 is 2.07 bits per heavy atom. The van der Waals surface area contributed by atoms with E-state index in [4.69, 9.17) is 16.3 Å². The lowest BCUT2D eigenvalue weighted by atomic mass is 10.1. The van der Waals surface area contributed by atoms with Crippen molar-refractivity contribution in [3.63, 3.8) is 0 Å². The second-order valence-electron chi connectivity index (χ2n) is 6.30. The summed E-state index contributed by atoms with van der Waals surface area (Å²) < 4.78 is 21.3. The van der Waals surface area contributed by atoms with Crippen molar-refractivity contribution in [2.24, 2.45) is 0 Å². The number of para-hydroxylation sites is 1. The van der Waals surface area contributed by atoms with Crippen LogP contribution >= 0.6 is 38.9 Å². The molecule has 4 nitrogen and oxygen atoms in total. The zero-order valence-electron chi connectivity index (χ0n) is 14.1. The third kappa shape index (κ3) is 3.95. The fourth-order valence-electron chi connectivity index (χ4n) is 3.10. The summed E-state index contributed by atoms with van der Waals surface area (Å²) in [6, 6.07) is 10.1. The first kappa shape index (κ1) is 18.7. The Morgan fingerprint density at radius 3 is 2.81 bits per heavy atom. The normalized spacial score (nSPS) is 15.3. The number of likely N-dealkylation sites (tertiary alicyclic amines) is 1. The van der Waals surface area contributed by atoms with Gasteiger partial charge < -0.3 is 9.64 Å². The maximum atomic E-state index is 13.8. The summed E-state index contributed by atoms with van der Waals surface area (Å²) in [4.78, 5) is 18.8. The predicted molar refractivity (Wildman–Crippen MR) is 108 cm³/mol. The summed E-state index contributed by atoms with van der Waals surface area (Å²) in [7, 11) is 0. The Morgan fingerprint density at radius 1 is 1.30 bits per heavy atom. The Hall–Kier alpha value is -1.70. The number of thiazole rings is 1. The van der Waals surface area contributed by atoms with Crippen LogP contribution in [0.5, 0.6) is 5.19 Å². The number of halogens is 3. The van der Waals surface area contributed by atoms with Gasteiger partial charge in [0.1, 0.15) is 17.4 Å². The van der Waals surface area contributed by atoms with Gasteiger partial charge in [-0.3, -0.25) is 4.79 Å². The molecule has 3 aromatic rings. The van der Waals surface area contributed by atoms with E-state index in [2.05, 4.69) is 20.9 Å². The Balaban J connectivity index is 1.40. The van der Waals surface area contributed by atoms with Crippen LogP contribution in [0.2, 0.25) is 5.02 Å². The number of nitrogens with zero attached hydrogens (tertiary/aromatic N) is 2. The molecule has 2 aromatic carbocycles. The van der Waals surface area contributed by atoms with Gasteiger partial charge in [0.05, 0.1) is 15.3 Å². The fourth-order valence-corrected chi connectivity index (χ4v) is 4.55. The first-order chi connectivity index (χ1) is 13.0. The van der Waals surface area contributed by atoms with Gasteiger partial charge in [0.2, 0.25) is 0 Å². The van der Waals surface area contributed by atoms with E-state index in [1.165, 1.54) is 17.4 Å². The average Bonchev–Trinajstić information content (AvgIpc) is 3.08. The van der Waals surface area contributed by atoms with Crippen LogP contribution in [0.3, 0.4) is 0 Å². The zero-order chi connectivity index (χ0) is 19.0. The van der Waals surface area contributed by atoms with E-state index in [9.17, 15) is 9.18 Å². The van der Waals surface area contributed by atoms with Crippen LogP contribution in [-0.4, -0.2) is 35.0 Å². The number of benzene rings is 2. The number of amides is 1. The van der Waals surface area contributed by atoms with Crippen molar-refractivity contribution >= 4 is 55.0 Å². The lowest BCUT2D eigenvalue weighted by molar-refractivity contribution is 0.0595. The van der Waals surface area contributed by atoms with E-state index in [1.54, 1.807) is 29.2 Å². The minimum atomic E-state index is -0.343. The SMILES string of the molecule is O=C(c1cc(Br)ccc1Cl)N1CCC(Oc2nc3c(F)cccc3s2)CC1. The third-order valence-electron chi connectivity index (χ3n) is 4.51. The van der Waals surface area contributed by atoms with Crippen molar-refractivity contribution in [3.05, 3.63) is 57.3 Å². The molecule has 0 saturated carbocycles. The summed E-state index contributed by atoms with van der Waals surface area (Å²) in [5, 5.41) is 0.910. The molecule has 1 aliphatic rings. The third-order valence-corrected chi connectivity index (χ3v) is 6.24. The number of aromatic nitrogens is 1. The van der Waals surface area contributed by atoms with E-state index < -0.39 is 0 Å². The quantitative estimate of drug-likeness (QED) is 0.506. The van der Waals surface area contributed by atoms with E-state index in [0.717, 1.165) is 9.17 Å². The Bertz CT molecular complexity index is 1000. The van der Waals surface area contributed by atoms with Crippen molar-refractivity contribution in [1.29, 1.82) is 0 Å². The summed E-state index contributed by atoms with van der Waals surface area (Å²) in [6.45, 7) is 1.15. The van der Waals surface area contributed by atoms with Crippen LogP contribution in [0.4, 0.5) is 4.39 Å². The summed E-state index contributed by atoms with van der Waals surface area (Å²) in [6.07, 6.45) is 1.33. The van der Waals surface area contributed by atoms with Gasteiger partial charge in [-0.05, 0) is 30.3 Å². The van der Waals surface area contributed by atoms with E-state index in [-0.39, 0.29) is 17.8 Å². The molecule has 1 fully saturated rings. The van der Waals surface area contributed by atoms with Crippen LogP contribution in [0.1, 0.15) is 23.2 Å². The first-order valence-electron chi connectivity index (χ1n) is 8.47. The maximum absolute atomic E-state index is 13.8. The van der Waals surface area contributed by atoms with Crippen molar-refractivity contribution in [2.75, 3.05) is 13.1 Å². The first-order valence-corrected chi connectivity index (χ1v) is 10.5. The average molecular weight is 470 g/mol. The predicted octanol–water partition coefficient (Wildman–Crippen LogP) is 5.53. The molecule has 4 rings (SSSR count). The lowest BCUT2D eigenvalue weighted by Crippen LogP contribution is -2.41. The van der Waals surface area contributed by atoms with Gasteiger partial charge in [-0.1, -0.05) is 44.9 Å². The standard InChI is InChI=1S/C19H15BrClFN2O2S/c20-11-4-5-14(21)13(10-11)18(25)24-8-6-12(7-9-24)26-19-23-17-15(22)2-1-3-16(17)27-19/h1-5,10,12H,6-9H2. The summed E-state index contributed by atoms with van der Waals surface area (Å²) in [5.74, 6) is -0.424. The molecule has 1 amide bonds. The van der Waals surface area contributed by atoms with Crippen molar-refractivity contribution in [3.8, 4) is 5.19 Å². The number of ether oxygens (including phenoxy) is 1. The molecule has 0 spiro atoms. The molecular formula is C19H15BrClFN2O2S. The largest absolute Gasteiger partial charge is 0.467 e. The summed E-state index contributed by atoms with van der Waals surface area (Å²) >= 11 is 10.9. The highest BCUT2D eigenvalue weighted by molar-refractivity contribution is 9.10. The molecule has 27 heavy (non-hydrogen) atoms. The van der Waals surface area contributed by atoms with Crippen LogP contribution in [0.25, 0.3) is 10.2 Å². The molecule has 0 radical (unpaired) electrons. The van der Waals surface area contributed by atoms with Crippen LogP contribution < -0.4 is 4.74 Å². The van der Waals surface area contributed by atoms with Gasteiger partial charge >= 0.3 is 0 Å². The highest BCUT2D eigenvalue weighted by Gasteiger charge is 2.26.